The molecule has 1 atom stereocenters. The summed E-state index contributed by atoms with van der Waals surface area (Å²) in [4.78, 5) is 11.2. The van der Waals surface area contributed by atoms with E-state index in [1.165, 1.54) is 5.56 Å². The summed E-state index contributed by atoms with van der Waals surface area (Å²) in [6.07, 6.45) is 1.60. The molecule has 0 saturated heterocycles. The van der Waals surface area contributed by atoms with Crippen molar-refractivity contribution in [3.05, 3.63) is 59.9 Å². The molecule has 0 radical (unpaired) electrons. The van der Waals surface area contributed by atoms with Crippen LogP contribution in [0.2, 0.25) is 0 Å². The van der Waals surface area contributed by atoms with Crippen LogP contribution in [0, 0.1) is 5.41 Å². The molecule has 4 rings (SSSR count). The summed E-state index contributed by atoms with van der Waals surface area (Å²) in [5, 5.41) is 1.10. The number of carbonyl (C=O) groups is 1. The SMILES string of the molecule is CC1(C)Cc2cc(-c3coc4ccccc34)ccc2C1OC(N)=O. The zero-order chi connectivity index (χ0) is 16.9. The molecule has 0 saturated carbocycles. The number of amides is 1. The Morgan fingerprint density at radius 2 is 2.04 bits per heavy atom. The number of nitrogens with two attached hydrogens (primary N) is 1. The van der Waals surface area contributed by atoms with Crippen molar-refractivity contribution in [1.29, 1.82) is 0 Å². The highest BCUT2D eigenvalue weighted by molar-refractivity contribution is 5.94. The maximum absolute atomic E-state index is 11.2. The second kappa shape index (κ2) is 5.13. The van der Waals surface area contributed by atoms with Gasteiger partial charge in [0, 0.05) is 16.4 Å². The van der Waals surface area contributed by atoms with Crippen LogP contribution in [0.25, 0.3) is 22.1 Å². The van der Waals surface area contributed by atoms with Crippen molar-refractivity contribution in [2.45, 2.75) is 26.4 Å². The Morgan fingerprint density at radius 1 is 1.25 bits per heavy atom. The number of ether oxygens (including phenoxy) is 1. The minimum Gasteiger partial charge on any atom is -0.464 e. The number of furan rings is 1. The topological polar surface area (TPSA) is 65.5 Å². The molecule has 1 heterocycles. The summed E-state index contributed by atoms with van der Waals surface area (Å²) in [7, 11) is 0. The van der Waals surface area contributed by atoms with E-state index in [1.54, 1.807) is 6.26 Å². The van der Waals surface area contributed by atoms with Crippen LogP contribution < -0.4 is 5.73 Å². The van der Waals surface area contributed by atoms with Crippen molar-refractivity contribution in [2.75, 3.05) is 0 Å². The van der Waals surface area contributed by atoms with Crippen LogP contribution in [0.1, 0.15) is 31.1 Å². The zero-order valence-corrected chi connectivity index (χ0v) is 13.7. The molecular formula is C20H19NO3. The lowest BCUT2D eigenvalue weighted by Crippen LogP contribution is -2.25. The van der Waals surface area contributed by atoms with Gasteiger partial charge >= 0.3 is 6.09 Å². The first-order valence-corrected chi connectivity index (χ1v) is 8.01. The van der Waals surface area contributed by atoms with Gasteiger partial charge in [-0.3, -0.25) is 0 Å². The van der Waals surface area contributed by atoms with E-state index >= 15 is 0 Å². The molecule has 1 aliphatic rings. The van der Waals surface area contributed by atoms with Gasteiger partial charge in [-0.1, -0.05) is 50.2 Å². The van der Waals surface area contributed by atoms with Crippen LogP contribution in [-0.2, 0) is 11.2 Å². The lowest BCUT2D eigenvalue weighted by molar-refractivity contribution is 0.0392. The quantitative estimate of drug-likeness (QED) is 0.736. The van der Waals surface area contributed by atoms with Crippen molar-refractivity contribution in [3.63, 3.8) is 0 Å². The van der Waals surface area contributed by atoms with E-state index in [1.807, 2.05) is 24.3 Å². The molecule has 4 heteroatoms. The minimum absolute atomic E-state index is 0.172. The molecule has 3 aromatic rings. The van der Waals surface area contributed by atoms with Crippen LogP contribution in [0.3, 0.4) is 0 Å². The molecule has 1 amide bonds. The van der Waals surface area contributed by atoms with Crippen molar-refractivity contribution >= 4 is 17.1 Å². The first-order chi connectivity index (χ1) is 11.5. The first kappa shape index (κ1) is 14.8. The Kier molecular flexibility index (Phi) is 3.17. The molecule has 2 N–H and O–H groups in total. The fourth-order valence-corrected chi connectivity index (χ4v) is 3.73. The summed E-state index contributed by atoms with van der Waals surface area (Å²) in [5.74, 6) is 0. The summed E-state index contributed by atoms with van der Waals surface area (Å²) in [5.41, 5.74) is 10.4. The first-order valence-electron chi connectivity index (χ1n) is 8.01. The fraction of sp³-hybridized carbons (Fsp3) is 0.250. The van der Waals surface area contributed by atoms with Crippen LogP contribution in [0.15, 0.2) is 53.1 Å². The van der Waals surface area contributed by atoms with E-state index in [-0.39, 0.29) is 11.5 Å². The second-order valence-corrected chi connectivity index (χ2v) is 7.04. The van der Waals surface area contributed by atoms with Gasteiger partial charge in [0.25, 0.3) is 0 Å². The van der Waals surface area contributed by atoms with Crippen molar-refractivity contribution in [1.82, 2.24) is 0 Å². The molecule has 122 valence electrons. The van der Waals surface area contributed by atoms with Crippen LogP contribution >= 0.6 is 0 Å². The minimum atomic E-state index is -0.731. The van der Waals surface area contributed by atoms with Gasteiger partial charge in [-0.2, -0.15) is 0 Å². The van der Waals surface area contributed by atoms with E-state index in [4.69, 9.17) is 14.9 Å². The number of para-hydroxylation sites is 1. The van der Waals surface area contributed by atoms with Crippen molar-refractivity contribution in [2.24, 2.45) is 11.1 Å². The molecule has 0 bridgehead atoms. The normalized spacial score (nSPS) is 18.5. The van der Waals surface area contributed by atoms with E-state index < -0.39 is 6.09 Å². The highest BCUT2D eigenvalue weighted by Crippen LogP contribution is 2.48. The van der Waals surface area contributed by atoms with Gasteiger partial charge in [0.1, 0.15) is 11.7 Å². The summed E-state index contributed by atoms with van der Waals surface area (Å²) < 4.78 is 11.0. The smallest absolute Gasteiger partial charge is 0.405 e. The third-order valence-corrected chi connectivity index (χ3v) is 4.81. The van der Waals surface area contributed by atoms with Gasteiger partial charge in [-0.05, 0) is 29.2 Å². The molecule has 0 spiro atoms. The van der Waals surface area contributed by atoms with Gasteiger partial charge in [0.15, 0.2) is 0 Å². The largest absolute Gasteiger partial charge is 0.464 e. The predicted octanol–water partition coefficient (Wildman–Crippen LogP) is 4.82. The Hall–Kier alpha value is -2.75. The molecule has 1 aromatic heterocycles. The van der Waals surface area contributed by atoms with Crippen molar-refractivity contribution < 1.29 is 13.9 Å². The average Bonchev–Trinajstić information content (AvgIpc) is 3.05. The van der Waals surface area contributed by atoms with E-state index in [0.29, 0.717) is 0 Å². The van der Waals surface area contributed by atoms with Crippen LogP contribution in [0.4, 0.5) is 4.79 Å². The molecule has 1 aliphatic carbocycles. The summed E-state index contributed by atoms with van der Waals surface area (Å²) >= 11 is 0. The maximum Gasteiger partial charge on any atom is 0.405 e. The highest BCUT2D eigenvalue weighted by Gasteiger charge is 2.41. The molecule has 24 heavy (non-hydrogen) atoms. The third kappa shape index (κ3) is 2.26. The Bertz CT molecular complexity index is 939. The van der Waals surface area contributed by atoms with Crippen LogP contribution in [-0.4, -0.2) is 6.09 Å². The Labute approximate surface area is 140 Å². The average molecular weight is 321 g/mol. The third-order valence-electron chi connectivity index (χ3n) is 4.81. The van der Waals surface area contributed by atoms with Crippen LogP contribution in [0.5, 0.6) is 0 Å². The van der Waals surface area contributed by atoms with Gasteiger partial charge < -0.3 is 14.9 Å². The second-order valence-electron chi connectivity index (χ2n) is 7.04. The zero-order valence-electron chi connectivity index (χ0n) is 13.7. The molecule has 4 nitrogen and oxygen atoms in total. The summed E-state index contributed by atoms with van der Waals surface area (Å²) in [6, 6.07) is 14.2. The fourth-order valence-electron chi connectivity index (χ4n) is 3.73. The highest BCUT2D eigenvalue weighted by atomic mass is 16.6. The lowest BCUT2D eigenvalue weighted by Gasteiger charge is -2.26. The Balaban J connectivity index is 1.79. The number of hydrogen-bond donors (Lipinski definition) is 1. The molecule has 0 aliphatic heterocycles. The van der Waals surface area contributed by atoms with Gasteiger partial charge in [-0.15, -0.1) is 0 Å². The lowest BCUT2D eigenvalue weighted by atomic mass is 9.87. The molecular weight excluding hydrogens is 302 g/mol. The number of benzene rings is 2. The molecule has 2 aromatic carbocycles. The van der Waals surface area contributed by atoms with E-state index in [0.717, 1.165) is 34.1 Å². The molecule has 0 fully saturated rings. The predicted molar refractivity (Wildman–Crippen MR) is 92.5 cm³/mol. The number of fused-ring (bicyclic) bond motifs is 2. The van der Waals surface area contributed by atoms with E-state index in [2.05, 4.69) is 32.0 Å². The Morgan fingerprint density at radius 3 is 2.83 bits per heavy atom. The standard InChI is InChI=1S/C20H19NO3/c1-20(2)10-13-9-12(7-8-14(13)18(20)24-19(21)22)16-11-23-17-6-4-3-5-15(16)17/h3-9,11,18H,10H2,1-2H3,(H2,21,22). The number of primary amides is 1. The number of hydrogen-bond acceptors (Lipinski definition) is 3. The van der Waals surface area contributed by atoms with Gasteiger partial charge in [0.05, 0.1) is 6.26 Å². The number of carbonyl (C=O) groups excluding carboxylic acids is 1. The molecule has 1 unspecified atom stereocenters. The summed E-state index contributed by atoms with van der Waals surface area (Å²) in [6.45, 7) is 4.18. The van der Waals surface area contributed by atoms with Crippen molar-refractivity contribution in [3.8, 4) is 11.1 Å². The van der Waals surface area contributed by atoms with Gasteiger partial charge in [0.2, 0.25) is 0 Å². The number of rotatable bonds is 2. The maximum atomic E-state index is 11.2. The monoisotopic (exact) mass is 321 g/mol. The van der Waals surface area contributed by atoms with E-state index in [9.17, 15) is 4.79 Å². The van der Waals surface area contributed by atoms with Gasteiger partial charge in [-0.25, -0.2) is 4.79 Å².